The third-order valence-corrected chi connectivity index (χ3v) is 3.51. The number of esters is 1. The summed E-state index contributed by atoms with van der Waals surface area (Å²) in [4.78, 5) is 11.3. The molecular weight excluding hydrogens is 294 g/mol. The molecule has 2 aliphatic rings. The SMILES string of the molecule is CCOC(=O)COc1ccc(-c2noc(C)c3cccc2-3)cc1. The molecule has 0 spiro atoms. The van der Waals surface area contributed by atoms with Crippen LogP contribution < -0.4 is 4.74 Å². The molecule has 0 saturated carbocycles. The minimum atomic E-state index is -0.380. The summed E-state index contributed by atoms with van der Waals surface area (Å²) in [5.74, 6) is 1.02. The van der Waals surface area contributed by atoms with Crippen LogP contribution >= 0.6 is 0 Å². The highest BCUT2D eigenvalue weighted by molar-refractivity contribution is 5.82. The van der Waals surface area contributed by atoms with Gasteiger partial charge >= 0.3 is 5.97 Å². The summed E-state index contributed by atoms with van der Waals surface area (Å²) in [6.45, 7) is 3.90. The smallest absolute Gasteiger partial charge is 0.344 e. The maximum atomic E-state index is 11.3. The number of benzene rings is 1. The van der Waals surface area contributed by atoms with Crippen molar-refractivity contribution >= 4 is 5.97 Å². The van der Waals surface area contributed by atoms with E-state index in [1.807, 2.05) is 37.3 Å². The Hall–Kier alpha value is -2.82. The van der Waals surface area contributed by atoms with Crippen LogP contribution in [0.4, 0.5) is 0 Å². The molecule has 1 heterocycles. The summed E-state index contributed by atoms with van der Waals surface area (Å²) in [5.41, 5.74) is 3.81. The van der Waals surface area contributed by atoms with Crippen molar-refractivity contribution in [3.63, 3.8) is 0 Å². The molecule has 1 aliphatic carbocycles. The van der Waals surface area contributed by atoms with Gasteiger partial charge in [-0.15, -0.1) is 0 Å². The maximum absolute atomic E-state index is 11.3. The van der Waals surface area contributed by atoms with E-state index in [-0.39, 0.29) is 12.6 Å². The second-order valence-electron chi connectivity index (χ2n) is 5.06. The Kier molecular flexibility index (Phi) is 4.28. The summed E-state index contributed by atoms with van der Waals surface area (Å²) in [7, 11) is 0. The summed E-state index contributed by atoms with van der Waals surface area (Å²) in [6, 6.07) is 13.4. The zero-order chi connectivity index (χ0) is 16.2. The Bertz CT molecular complexity index is 776. The van der Waals surface area contributed by atoms with E-state index in [0.29, 0.717) is 12.4 Å². The van der Waals surface area contributed by atoms with Crippen LogP contribution in [0.2, 0.25) is 0 Å². The molecule has 0 bridgehead atoms. The zero-order valence-corrected chi connectivity index (χ0v) is 13.0. The molecule has 0 N–H and O–H groups in total. The van der Waals surface area contributed by atoms with E-state index in [2.05, 4.69) is 5.16 Å². The predicted molar refractivity (Wildman–Crippen MR) is 85.4 cm³/mol. The van der Waals surface area contributed by atoms with Gasteiger partial charge in [0, 0.05) is 16.7 Å². The van der Waals surface area contributed by atoms with Crippen molar-refractivity contribution < 1.29 is 18.8 Å². The fraction of sp³-hybridized carbons (Fsp3) is 0.222. The number of fused-ring (bicyclic) bond motifs is 1. The molecule has 1 aliphatic heterocycles. The molecule has 0 fully saturated rings. The van der Waals surface area contributed by atoms with Crippen LogP contribution in [0.15, 0.2) is 47.0 Å². The Balaban J connectivity index is 1.78. The Labute approximate surface area is 134 Å². The van der Waals surface area contributed by atoms with E-state index in [1.54, 1.807) is 19.1 Å². The number of rotatable bonds is 5. The Morgan fingerprint density at radius 3 is 2.61 bits per heavy atom. The average Bonchev–Trinajstić information content (AvgIpc) is 3.05. The van der Waals surface area contributed by atoms with Crippen LogP contribution in [0.3, 0.4) is 0 Å². The summed E-state index contributed by atoms with van der Waals surface area (Å²) >= 11 is 0. The normalized spacial score (nSPS) is 10.7. The van der Waals surface area contributed by atoms with Crippen LogP contribution in [0.5, 0.6) is 5.75 Å². The monoisotopic (exact) mass is 311 g/mol. The molecule has 0 amide bonds. The fourth-order valence-corrected chi connectivity index (χ4v) is 2.41. The van der Waals surface area contributed by atoms with Crippen molar-refractivity contribution in [1.29, 1.82) is 0 Å². The third-order valence-electron chi connectivity index (χ3n) is 3.51. The highest BCUT2D eigenvalue weighted by Gasteiger charge is 2.15. The van der Waals surface area contributed by atoms with Gasteiger partial charge in [0.15, 0.2) is 6.61 Å². The first-order chi connectivity index (χ1) is 11.2. The molecule has 118 valence electrons. The summed E-state index contributed by atoms with van der Waals surface area (Å²) in [6.07, 6.45) is 0. The molecule has 1 aromatic carbocycles. The van der Waals surface area contributed by atoms with Gasteiger partial charge in [0.25, 0.3) is 0 Å². The molecule has 5 nitrogen and oxygen atoms in total. The summed E-state index contributed by atoms with van der Waals surface area (Å²) in [5, 5.41) is 4.19. The van der Waals surface area contributed by atoms with Crippen molar-refractivity contribution in [3.05, 3.63) is 48.2 Å². The highest BCUT2D eigenvalue weighted by Crippen LogP contribution is 2.35. The molecule has 1 aromatic rings. The number of aryl methyl sites for hydroxylation is 1. The molecule has 23 heavy (non-hydrogen) atoms. The standard InChI is InChI=1S/C18H17NO4/c1-3-21-17(20)11-22-14-9-7-13(8-10-14)18-16-6-4-5-15(16)12(2)23-19-18/h4-10H,3,11H2,1-2H3. The molecule has 0 aromatic heterocycles. The molecule has 0 unspecified atom stereocenters. The number of nitrogens with zero attached hydrogens (tertiary/aromatic N) is 1. The predicted octanol–water partition coefficient (Wildman–Crippen LogP) is 3.70. The lowest BCUT2D eigenvalue weighted by Crippen LogP contribution is -2.14. The maximum Gasteiger partial charge on any atom is 0.344 e. The number of ether oxygens (including phenoxy) is 2. The van der Waals surface area contributed by atoms with Gasteiger partial charge < -0.3 is 14.0 Å². The van der Waals surface area contributed by atoms with E-state index in [4.69, 9.17) is 14.0 Å². The third kappa shape index (κ3) is 3.18. The second-order valence-corrected chi connectivity index (χ2v) is 5.06. The zero-order valence-electron chi connectivity index (χ0n) is 13.0. The van der Waals surface area contributed by atoms with Crippen molar-refractivity contribution in [1.82, 2.24) is 5.16 Å². The van der Waals surface area contributed by atoms with Gasteiger partial charge in [0.05, 0.1) is 6.61 Å². The molecular formula is C18H17NO4. The molecule has 0 radical (unpaired) electrons. The van der Waals surface area contributed by atoms with E-state index in [0.717, 1.165) is 28.1 Å². The van der Waals surface area contributed by atoms with Gasteiger partial charge in [-0.3, -0.25) is 0 Å². The largest absolute Gasteiger partial charge is 0.482 e. The van der Waals surface area contributed by atoms with Crippen molar-refractivity contribution in [2.24, 2.45) is 0 Å². The minimum absolute atomic E-state index is 0.0988. The number of carbonyl (C=O) groups is 1. The van der Waals surface area contributed by atoms with E-state index >= 15 is 0 Å². The topological polar surface area (TPSA) is 61.6 Å². The quantitative estimate of drug-likeness (QED) is 0.672. The van der Waals surface area contributed by atoms with Crippen molar-refractivity contribution in [3.8, 4) is 28.1 Å². The Morgan fingerprint density at radius 2 is 1.87 bits per heavy atom. The molecule has 3 rings (SSSR count). The van der Waals surface area contributed by atoms with Crippen LogP contribution in [-0.4, -0.2) is 24.3 Å². The van der Waals surface area contributed by atoms with Crippen LogP contribution in [0.25, 0.3) is 22.4 Å². The van der Waals surface area contributed by atoms with E-state index < -0.39 is 0 Å². The van der Waals surface area contributed by atoms with Gasteiger partial charge in [0.1, 0.15) is 17.2 Å². The first kappa shape index (κ1) is 15.1. The highest BCUT2D eigenvalue weighted by atomic mass is 16.6. The fourth-order valence-electron chi connectivity index (χ4n) is 2.41. The van der Waals surface area contributed by atoms with Gasteiger partial charge in [0.2, 0.25) is 0 Å². The number of hydrogen-bond donors (Lipinski definition) is 0. The van der Waals surface area contributed by atoms with Crippen LogP contribution in [-0.2, 0) is 9.53 Å². The van der Waals surface area contributed by atoms with Crippen LogP contribution in [0, 0.1) is 6.92 Å². The molecule has 0 saturated heterocycles. The van der Waals surface area contributed by atoms with Gasteiger partial charge in [-0.1, -0.05) is 23.4 Å². The number of aromatic nitrogens is 1. The van der Waals surface area contributed by atoms with E-state index in [1.165, 1.54) is 0 Å². The lowest BCUT2D eigenvalue weighted by Gasteiger charge is -2.09. The molecule has 5 heteroatoms. The second kappa shape index (κ2) is 6.52. The first-order valence-electron chi connectivity index (χ1n) is 7.43. The average molecular weight is 311 g/mol. The minimum Gasteiger partial charge on any atom is -0.482 e. The van der Waals surface area contributed by atoms with Crippen molar-refractivity contribution in [2.75, 3.05) is 13.2 Å². The first-order valence-corrected chi connectivity index (χ1v) is 7.43. The lowest BCUT2D eigenvalue weighted by molar-refractivity contribution is -0.145. The van der Waals surface area contributed by atoms with Crippen molar-refractivity contribution in [2.45, 2.75) is 13.8 Å². The Morgan fingerprint density at radius 1 is 1.13 bits per heavy atom. The van der Waals surface area contributed by atoms with Gasteiger partial charge in [-0.2, -0.15) is 0 Å². The summed E-state index contributed by atoms with van der Waals surface area (Å²) < 4.78 is 15.6. The lowest BCUT2D eigenvalue weighted by atomic mass is 10.0. The van der Waals surface area contributed by atoms with Crippen LogP contribution in [0.1, 0.15) is 12.7 Å². The van der Waals surface area contributed by atoms with Gasteiger partial charge in [-0.25, -0.2) is 4.79 Å². The number of carbonyl (C=O) groups excluding carboxylic acids is 1. The van der Waals surface area contributed by atoms with E-state index in [9.17, 15) is 4.79 Å². The molecule has 0 atom stereocenters. The van der Waals surface area contributed by atoms with Gasteiger partial charge in [-0.05, 0) is 38.1 Å². The number of hydrogen-bond acceptors (Lipinski definition) is 5.